The maximum atomic E-state index is 12.2. The topological polar surface area (TPSA) is 237 Å². The van der Waals surface area contributed by atoms with Crippen LogP contribution in [0.1, 0.15) is 69.9 Å². The molecule has 2 aromatic rings. The average Bonchev–Trinajstić information content (AvgIpc) is 3.54. The minimum absolute atomic E-state index is 0.0194. The van der Waals surface area contributed by atoms with Gasteiger partial charge in [-0.25, -0.2) is 0 Å². The van der Waals surface area contributed by atoms with Crippen LogP contribution in [0.5, 0.6) is 0 Å². The van der Waals surface area contributed by atoms with Crippen molar-refractivity contribution in [2.24, 2.45) is 0 Å². The third kappa shape index (κ3) is 13.0. The van der Waals surface area contributed by atoms with Crippen LogP contribution < -0.4 is 10.2 Å². The maximum absolute atomic E-state index is 12.2. The largest absolute Gasteiger partial charge is 0.481 e. The van der Waals surface area contributed by atoms with E-state index in [0.29, 0.717) is 76.3 Å². The fourth-order valence-corrected chi connectivity index (χ4v) is 9.55. The van der Waals surface area contributed by atoms with Crippen LogP contribution in [0.15, 0.2) is 94.4 Å². The average molecular weight is 909 g/mol. The van der Waals surface area contributed by atoms with E-state index in [0.717, 1.165) is 22.7 Å². The second kappa shape index (κ2) is 21.4. The van der Waals surface area contributed by atoms with Crippen molar-refractivity contribution in [1.29, 1.82) is 0 Å². The predicted octanol–water partition coefficient (Wildman–Crippen LogP) is 5.45. The summed E-state index contributed by atoms with van der Waals surface area (Å²) in [5, 5.41) is 12.5. The Balaban J connectivity index is 1.71. The van der Waals surface area contributed by atoms with Crippen LogP contribution in [0.2, 0.25) is 0 Å². The van der Waals surface area contributed by atoms with Gasteiger partial charge in [0.15, 0.2) is 5.71 Å². The molecule has 0 aromatic heterocycles. The molecular formula is C42H58N3O13S3+. The minimum atomic E-state index is -4.58. The highest BCUT2D eigenvalue weighted by Gasteiger charge is 2.48. The van der Waals surface area contributed by atoms with E-state index in [1.807, 2.05) is 42.7 Å². The van der Waals surface area contributed by atoms with E-state index in [9.17, 15) is 43.7 Å². The Morgan fingerprint density at radius 1 is 0.770 bits per heavy atom. The summed E-state index contributed by atoms with van der Waals surface area (Å²) >= 11 is 0. The second-order valence-electron chi connectivity index (χ2n) is 15.4. The molecule has 2 atom stereocenters. The van der Waals surface area contributed by atoms with Gasteiger partial charge in [0.2, 0.25) is 5.69 Å². The second-order valence-corrected chi connectivity index (χ2v) is 19.8. The van der Waals surface area contributed by atoms with Crippen molar-refractivity contribution in [1.82, 2.24) is 5.32 Å². The molecule has 0 spiro atoms. The van der Waals surface area contributed by atoms with Gasteiger partial charge in [0, 0.05) is 74.7 Å². The van der Waals surface area contributed by atoms with Gasteiger partial charge in [0.05, 0.1) is 34.2 Å². The number of aliphatic carboxylic acids is 1. The summed E-state index contributed by atoms with van der Waals surface area (Å²) in [5.41, 5.74) is 2.74. The van der Waals surface area contributed by atoms with Crippen molar-refractivity contribution >= 4 is 53.4 Å². The highest BCUT2D eigenvalue weighted by Crippen LogP contribution is 2.50. The molecule has 0 saturated carbocycles. The van der Waals surface area contributed by atoms with Gasteiger partial charge < -0.3 is 24.8 Å². The number of ether oxygens (including phenoxy) is 2. The van der Waals surface area contributed by atoms with Gasteiger partial charge in [-0.2, -0.15) is 29.8 Å². The summed E-state index contributed by atoms with van der Waals surface area (Å²) in [5.74, 6) is -1.41. The van der Waals surface area contributed by atoms with Gasteiger partial charge in [0.1, 0.15) is 6.54 Å². The molecule has 2 heterocycles. The molecule has 336 valence electrons. The zero-order chi connectivity index (χ0) is 45.1. The number of anilines is 1. The van der Waals surface area contributed by atoms with Crippen LogP contribution in [-0.4, -0.2) is 120 Å². The molecule has 0 radical (unpaired) electrons. The number of fused-ring (bicyclic) bond motifs is 2. The summed E-state index contributed by atoms with van der Waals surface area (Å²) in [6.07, 6.45) is 15.4. The fraction of sp³-hybridized carbons (Fsp3) is 0.476. The van der Waals surface area contributed by atoms with Crippen molar-refractivity contribution in [2.75, 3.05) is 64.3 Å². The zero-order valence-corrected chi connectivity index (χ0v) is 37.4. The molecule has 2 aromatic carbocycles. The van der Waals surface area contributed by atoms with E-state index >= 15 is 0 Å². The fourth-order valence-electron chi connectivity index (χ4n) is 8.03. The standard InChI is InChI=1S/C42H57N3O13S3/c1-41(21-13-29-59(48,49)50)34-30-32(60(51,52)53)17-19-36(34)44(25-12-8-11-16-40(46)47)38(41)14-9-6-5-7-10-15-39-42(2,22-23-43-24-27-57-3)35-31-33(61(54,55)56)18-20-37(35)45(39)26-28-58-4/h5-7,9-10,14-15,17-20,30-31,43H,8,11-13,16,21-29H2,1-4H3,(H3-,46,47,48,49,50,51,52,53,54,55,56)/p+1. The van der Waals surface area contributed by atoms with Gasteiger partial charge >= 0.3 is 5.97 Å². The highest BCUT2D eigenvalue weighted by atomic mass is 32.2. The number of carboxylic acid groups (broad SMARTS) is 1. The number of carbonyl (C=O) groups is 1. The van der Waals surface area contributed by atoms with Crippen LogP contribution in [0.3, 0.4) is 0 Å². The van der Waals surface area contributed by atoms with Crippen LogP contribution in [-0.2, 0) is 55.5 Å². The Labute approximate surface area is 359 Å². The van der Waals surface area contributed by atoms with Gasteiger partial charge in [0.25, 0.3) is 30.4 Å². The van der Waals surface area contributed by atoms with Crippen molar-refractivity contribution < 1.29 is 62.9 Å². The molecule has 19 heteroatoms. The zero-order valence-electron chi connectivity index (χ0n) is 35.0. The van der Waals surface area contributed by atoms with Crippen molar-refractivity contribution in [2.45, 2.75) is 79.4 Å². The molecule has 2 aliphatic heterocycles. The minimum Gasteiger partial charge on any atom is -0.481 e. The third-order valence-corrected chi connectivity index (χ3v) is 13.6. The molecule has 16 nitrogen and oxygen atoms in total. The monoisotopic (exact) mass is 908 g/mol. The molecule has 2 unspecified atom stereocenters. The quantitative estimate of drug-likeness (QED) is 0.0360. The normalized spacial score (nSPS) is 20.2. The highest BCUT2D eigenvalue weighted by molar-refractivity contribution is 7.86. The molecule has 4 rings (SSSR count). The summed E-state index contributed by atoms with van der Waals surface area (Å²) in [4.78, 5) is 12.7. The number of methoxy groups -OCH3 is 2. The molecule has 0 fully saturated rings. The third-order valence-electron chi connectivity index (χ3n) is 11.1. The Kier molecular flexibility index (Phi) is 17.4. The van der Waals surface area contributed by atoms with E-state index in [4.69, 9.17) is 14.6 Å². The summed E-state index contributed by atoms with van der Waals surface area (Å²) in [6.45, 7) is 6.93. The lowest BCUT2D eigenvalue weighted by atomic mass is 9.76. The SMILES string of the molecule is COCCNCCC1(C)\C(=C/C=C/C=C/C=C/C2=[N+](CCCCCC(=O)O)c3ccc(S(=O)(=O)O)cc3C2(C)CCCS(=O)(=O)O)N(CCOC)c2ccc(S(=O)(=O)O)cc21. The lowest BCUT2D eigenvalue weighted by Gasteiger charge is -2.30. The maximum Gasteiger partial charge on any atom is 0.303 e. The van der Waals surface area contributed by atoms with E-state index in [-0.39, 0.29) is 29.1 Å². The van der Waals surface area contributed by atoms with E-state index in [2.05, 4.69) is 10.2 Å². The number of unbranched alkanes of at least 4 members (excludes halogenated alkanes) is 2. The Morgan fingerprint density at radius 3 is 2.05 bits per heavy atom. The number of carboxylic acids is 1. The molecule has 2 aliphatic rings. The number of nitrogens with zero attached hydrogens (tertiary/aromatic N) is 2. The van der Waals surface area contributed by atoms with E-state index in [1.54, 1.807) is 44.6 Å². The van der Waals surface area contributed by atoms with Crippen molar-refractivity contribution in [3.05, 3.63) is 95.8 Å². The summed E-state index contributed by atoms with van der Waals surface area (Å²) < 4.78 is 114. The first-order valence-electron chi connectivity index (χ1n) is 19.9. The number of hydrogen-bond acceptors (Lipinski definition) is 11. The van der Waals surface area contributed by atoms with Crippen molar-refractivity contribution in [3.63, 3.8) is 0 Å². The molecule has 61 heavy (non-hydrogen) atoms. The number of nitrogens with one attached hydrogen (secondary N) is 1. The van der Waals surface area contributed by atoms with Crippen LogP contribution in [0.25, 0.3) is 0 Å². The predicted molar refractivity (Wildman–Crippen MR) is 233 cm³/mol. The molecule has 0 saturated heterocycles. The van der Waals surface area contributed by atoms with Gasteiger partial charge in [-0.3, -0.25) is 18.5 Å². The number of benzene rings is 2. The van der Waals surface area contributed by atoms with Crippen LogP contribution in [0.4, 0.5) is 11.4 Å². The summed E-state index contributed by atoms with van der Waals surface area (Å²) in [7, 11) is -10.1. The lowest BCUT2D eigenvalue weighted by molar-refractivity contribution is -0.438. The Hall–Kier alpha value is -4.05. The Bertz CT molecular complexity index is 2390. The molecule has 5 N–H and O–H groups in total. The molecule has 0 amide bonds. The first-order valence-corrected chi connectivity index (χ1v) is 24.4. The number of rotatable bonds is 25. The van der Waals surface area contributed by atoms with Crippen LogP contribution >= 0.6 is 0 Å². The number of allylic oxidation sites excluding steroid dienone is 8. The van der Waals surface area contributed by atoms with E-state index < -0.39 is 52.9 Å². The summed E-state index contributed by atoms with van der Waals surface area (Å²) in [6, 6.07) is 8.87. The number of hydrogen-bond donors (Lipinski definition) is 5. The van der Waals surface area contributed by atoms with Gasteiger partial charge in [-0.05, 0) is 94.5 Å². The van der Waals surface area contributed by atoms with Gasteiger partial charge in [-0.15, -0.1) is 0 Å². The first-order chi connectivity index (χ1) is 28.7. The van der Waals surface area contributed by atoms with E-state index in [1.165, 1.54) is 24.3 Å². The molecule has 0 bridgehead atoms. The van der Waals surface area contributed by atoms with Crippen LogP contribution in [0, 0.1) is 0 Å². The smallest absolute Gasteiger partial charge is 0.303 e. The van der Waals surface area contributed by atoms with Gasteiger partial charge in [-0.1, -0.05) is 30.4 Å². The molecule has 0 aliphatic carbocycles. The van der Waals surface area contributed by atoms with Crippen molar-refractivity contribution in [3.8, 4) is 0 Å². The molecular weight excluding hydrogens is 851 g/mol. The lowest BCUT2D eigenvalue weighted by Crippen LogP contribution is -2.34. The Morgan fingerprint density at radius 2 is 1.41 bits per heavy atom. The first kappa shape index (κ1) is 49.6.